The van der Waals surface area contributed by atoms with E-state index in [1.54, 1.807) is 0 Å². The van der Waals surface area contributed by atoms with Gasteiger partial charge in [0.05, 0.1) is 0 Å². The van der Waals surface area contributed by atoms with E-state index in [-0.39, 0.29) is 0 Å². The van der Waals surface area contributed by atoms with Gasteiger partial charge >= 0.3 is 5.97 Å². The molecule has 0 spiro atoms. The molecule has 1 N–H and O–H groups in total. The van der Waals surface area contributed by atoms with E-state index in [1.165, 1.54) is 45.2 Å². The number of carboxylic acids is 1. The van der Waals surface area contributed by atoms with Gasteiger partial charge in [-0.1, -0.05) is 20.3 Å². The van der Waals surface area contributed by atoms with Crippen molar-refractivity contribution < 1.29 is 9.90 Å². The lowest BCUT2D eigenvalue weighted by Gasteiger charge is -2.41. The van der Waals surface area contributed by atoms with Crippen molar-refractivity contribution in [1.82, 2.24) is 4.90 Å². The van der Waals surface area contributed by atoms with Gasteiger partial charge in [-0.25, -0.2) is 0 Å². The van der Waals surface area contributed by atoms with E-state index in [2.05, 4.69) is 18.7 Å². The summed E-state index contributed by atoms with van der Waals surface area (Å²) in [6.45, 7) is 7.17. The molecule has 3 nitrogen and oxygen atoms in total. The quantitative estimate of drug-likeness (QED) is 0.836. The van der Waals surface area contributed by atoms with Crippen LogP contribution in [0.2, 0.25) is 0 Å². The van der Waals surface area contributed by atoms with Crippen LogP contribution < -0.4 is 0 Å². The Hall–Kier alpha value is -0.570. The van der Waals surface area contributed by atoms with Gasteiger partial charge in [-0.2, -0.15) is 0 Å². The summed E-state index contributed by atoms with van der Waals surface area (Å²) in [6.07, 6.45) is 7.69. The maximum Gasteiger partial charge on any atom is 0.303 e. The molecule has 1 heterocycles. The molecular weight excluding hydrogens is 226 g/mol. The second-order valence-electron chi connectivity index (χ2n) is 6.81. The van der Waals surface area contributed by atoms with Gasteiger partial charge in [0.2, 0.25) is 0 Å². The van der Waals surface area contributed by atoms with Crippen LogP contribution in [0.3, 0.4) is 0 Å². The van der Waals surface area contributed by atoms with E-state index >= 15 is 0 Å². The standard InChI is InChI=1S/C15H27NO2/c1-15(2)9-3-4-13(15)16-10-7-12(8-11-16)5-6-14(17)18/h12-13H,3-11H2,1-2H3,(H,17,18). The van der Waals surface area contributed by atoms with E-state index in [0.29, 0.717) is 17.8 Å². The summed E-state index contributed by atoms with van der Waals surface area (Å²) in [6, 6.07) is 0.762. The first-order valence-electron chi connectivity index (χ1n) is 7.45. The zero-order valence-corrected chi connectivity index (χ0v) is 11.8. The molecule has 2 aliphatic rings. The normalized spacial score (nSPS) is 29.6. The molecule has 0 aromatic carbocycles. The molecule has 0 aromatic rings. The second kappa shape index (κ2) is 5.60. The molecule has 1 aliphatic heterocycles. The number of nitrogens with zero attached hydrogens (tertiary/aromatic N) is 1. The molecule has 0 amide bonds. The molecular formula is C15H27NO2. The van der Waals surface area contributed by atoms with Crippen molar-refractivity contribution in [2.75, 3.05) is 13.1 Å². The number of rotatable bonds is 4. The van der Waals surface area contributed by atoms with Crippen LogP contribution in [0.4, 0.5) is 0 Å². The fourth-order valence-electron chi connectivity index (χ4n) is 3.87. The third-order valence-electron chi connectivity index (χ3n) is 5.06. The largest absolute Gasteiger partial charge is 0.481 e. The minimum absolute atomic E-state index is 0.347. The van der Waals surface area contributed by atoms with Gasteiger partial charge in [0.25, 0.3) is 0 Å². The van der Waals surface area contributed by atoms with Crippen molar-refractivity contribution in [2.24, 2.45) is 11.3 Å². The third kappa shape index (κ3) is 3.25. The van der Waals surface area contributed by atoms with E-state index in [0.717, 1.165) is 12.5 Å². The fraction of sp³-hybridized carbons (Fsp3) is 0.933. The fourth-order valence-corrected chi connectivity index (χ4v) is 3.87. The molecule has 1 unspecified atom stereocenters. The molecule has 1 aliphatic carbocycles. The first-order valence-corrected chi connectivity index (χ1v) is 7.45. The van der Waals surface area contributed by atoms with E-state index in [4.69, 9.17) is 5.11 Å². The summed E-state index contributed by atoms with van der Waals surface area (Å²) in [5, 5.41) is 8.73. The third-order valence-corrected chi connectivity index (χ3v) is 5.06. The summed E-state index contributed by atoms with van der Waals surface area (Å²) < 4.78 is 0. The molecule has 3 heteroatoms. The van der Waals surface area contributed by atoms with Crippen LogP contribution in [-0.4, -0.2) is 35.1 Å². The van der Waals surface area contributed by atoms with Crippen LogP contribution in [0, 0.1) is 11.3 Å². The molecule has 2 rings (SSSR count). The van der Waals surface area contributed by atoms with Crippen molar-refractivity contribution >= 4 is 5.97 Å². The number of likely N-dealkylation sites (tertiary alicyclic amines) is 1. The minimum Gasteiger partial charge on any atom is -0.481 e. The highest BCUT2D eigenvalue weighted by molar-refractivity contribution is 5.66. The van der Waals surface area contributed by atoms with Crippen LogP contribution in [0.15, 0.2) is 0 Å². The maximum atomic E-state index is 10.6. The summed E-state index contributed by atoms with van der Waals surface area (Å²) in [5.74, 6) is -0.00350. The van der Waals surface area contributed by atoms with Crippen molar-refractivity contribution in [3.8, 4) is 0 Å². The van der Waals surface area contributed by atoms with Crippen LogP contribution >= 0.6 is 0 Å². The molecule has 0 bridgehead atoms. The van der Waals surface area contributed by atoms with Crippen molar-refractivity contribution in [1.29, 1.82) is 0 Å². The molecule has 0 radical (unpaired) electrons. The van der Waals surface area contributed by atoms with Crippen molar-refractivity contribution in [3.05, 3.63) is 0 Å². The Labute approximate surface area is 111 Å². The highest BCUT2D eigenvalue weighted by Crippen LogP contribution is 2.41. The van der Waals surface area contributed by atoms with Gasteiger partial charge in [-0.15, -0.1) is 0 Å². The van der Waals surface area contributed by atoms with Gasteiger partial charge < -0.3 is 5.11 Å². The highest BCUT2D eigenvalue weighted by Gasteiger charge is 2.39. The Morgan fingerprint density at radius 2 is 1.94 bits per heavy atom. The average molecular weight is 253 g/mol. The zero-order chi connectivity index (χ0) is 13.2. The number of hydrogen-bond acceptors (Lipinski definition) is 2. The maximum absolute atomic E-state index is 10.6. The molecule has 104 valence electrons. The Kier molecular flexibility index (Phi) is 4.31. The predicted octanol–water partition coefficient (Wildman–Crippen LogP) is 3.14. The van der Waals surface area contributed by atoms with Crippen molar-refractivity contribution in [3.63, 3.8) is 0 Å². The van der Waals surface area contributed by atoms with Crippen molar-refractivity contribution in [2.45, 2.75) is 64.8 Å². The summed E-state index contributed by atoms with van der Waals surface area (Å²) >= 11 is 0. The summed E-state index contributed by atoms with van der Waals surface area (Å²) in [7, 11) is 0. The Morgan fingerprint density at radius 3 is 2.44 bits per heavy atom. The first-order chi connectivity index (χ1) is 8.49. The average Bonchev–Trinajstić information content (AvgIpc) is 2.67. The van der Waals surface area contributed by atoms with Gasteiger partial charge in [0.15, 0.2) is 0 Å². The number of aliphatic carboxylic acids is 1. The van der Waals surface area contributed by atoms with Crippen LogP contribution in [0.25, 0.3) is 0 Å². The second-order valence-corrected chi connectivity index (χ2v) is 6.81. The molecule has 2 fully saturated rings. The lowest BCUT2D eigenvalue weighted by molar-refractivity contribution is -0.137. The smallest absolute Gasteiger partial charge is 0.303 e. The van der Waals surface area contributed by atoms with Crippen LogP contribution in [0.1, 0.15) is 58.8 Å². The zero-order valence-electron chi connectivity index (χ0n) is 11.8. The van der Waals surface area contributed by atoms with E-state index in [9.17, 15) is 4.79 Å². The number of carboxylic acid groups (broad SMARTS) is 1. The number of hydrogen-bond donors (Lipinski definition) is 1. The SMILES string of the molecule is CC1(C)CCCC1N1CCC(CCC(=O)O)CC1. The summed E-state index contributed by atoms with van der Waals surface area (Å²) in [5.41, 5.74) is 0.480. The molecule has 1 atom stereocenters. The van der Waals surface area contributed by atoms with Gasteiger partial charge in [0.1, 0.15) is 0 Å². The first kappa shape index (κ1) is 13.9. The topological polar surface area (TPSA) is 40.5 Å². The number of carbonyl (C=O) groups is 1. The van der Waals surface area contributed by atoms with Gasteiger partial charge in [-0.05, 0) is 56.5 Å². The monoisotopic (exact) mass is 253 g/mol. The molecule has 0 aromatic heterocycles. The minimum atomic E-state index is -0.644. The molecule has 1 saturated heterocycles. The van der Waals surface area contributed by atoms with E-state index < -0.39 is 5.97 Å². The predicted molar refractivity (Wildman–Crippen MR) is 72.6 cm³/mol. The Morgan fingerprint density at radius 1 is 1.28 bits per heavy atom. The lowest BCUT2D eigenvalue weighted by Crippen LogP contribution is -2.46. The Bertz CT molecular complexity index is 293. The van der Waals surface area contributed by atoms with Gasteiger partial charge in [-0.3, -0.25) is 9.69 Å². The lowest BCUT2D eigenvalue weighted by atomic mass is 9.84. The van der Waals surface area contributed by atoms with Gasteiger partial charge in [0, 0.05) is 12.5 Å². The van der Waals surface area contributed by atoms with Crippen LogP contribution in [-0.2, 0) is 4.79 Å². The van der Waals surface area contributed by atoms with Crippen LogP contribution in [0.5, 0.6) is 0 Å². The molecule has 18 heavy (non-hydrogen) atoms. The Balaban J connectivity index is 1.78. The van der Waals surface area contributed by atoms with E-state index in [1.807, 2.05) is 0 Å². The summed E-state index contributed by atoms with van der Waals surface area (Å²) in [4.78, 5) is 13.3. The number of piperidine rings is 1. The molecule has 1 saturated carbocycles. The highest BCUT2D eigenvalue weighted by atomic mass is 16.4.